The van der Waals surface area contributed by atoms with E-state index in [0.29, 0.717) is 0 Å². The fourth-order valence-electron chi connectivity index (χ4n) is 1.51. The van der Waals surface area contributed by atoms with E-state index in [9.17, 15) is 9.18 Å². The van der Waals surface area contributed by atoms with Gasteiger partial charge in [0, 0.05) is 12.2 Å². The van der Waals surface area contributed by atoms with E-state index in [1.54, 1.807) is 0 Å². The molecule has 0 spiro atoms. The molecule has 0 aromatic carbocycles. The molecule has 4 heteroatoms. The van der Waals surface area contributed by atoms with Gasteiger partial charge in [0.25, 0.3) is 5.91 Å². The highest BCUT2D eigenvalue weighted by Crippen LogP contribution is 2.44. The van der Waals surface area contributed by atoms with Crippen LogP contribution in [0.4, 0.5) is 4.39 Å². The maximum Gasteiger partial charge on any atom is 0.254 e. The first-order valence-corrected chi connectivity index (χ1v) is 4.91. The molecule has 1 saturated carbocycles. The lowest BCUT2D eigenvalue weighted by Gasteiger charge is -2.06. The van der Waals surface area contributed by atoms with E-state index in [4.69, 9.17) is 0 Å². The quantitative estimate of drug-likeness (QED) is 0.804. The lowest BCUT2D eigenvalue weighted by molar-refractivity contribution is 0.0942. The summed E-state index contributed by atoms with van der Waals surface area (Å²) < 4.78 is 13.2. The molecule has 1 fully saturated rings. The molecule has 1 aromatic rings. The second kappa shape index (κ2) is 3.29. The minimum absolute atomic E-state index is 0.0627. The fourth-order valence-corrected chi connectivity index (χ4v) is 1.51. The summed E-state index contributed by atoms with van der Waals surface area (Å²) in [5.41, 5.74) is 0.215. The van der Waals surface area contributed by atoms with Crippen molar-refractivity contribution in [2.75, 3.05) is 0 Å². The Hall–Kier alpha value is -1.45. The number of carbonyl (C=O) groups excluding carboxylic acids is 1. The number of nitrogens with one attached hydrogen (secondary N) is 1. The standard InChI is InChI=1S/C11H13FN2O/c1-11(2)5-9(11)14-10(15)7-3-4-13-6-8(7)12/h3-4,6,9H,5H2,1-2H3,(H,14,15). The lowest BCUT2D eigenvalue weighted by atomic mass is 10.2. The molecule has 0 aliphatic heterocycles. The minimum atomic E-state index is -0.576. The van der Waals surface area contributed by atoms with Gasteiger partial charge >= 0.3 is 0 Å². The molecule has 1 aliphatic carbocycles. The van der Waals surface area contributed by atoms with Gasteiger partial charge in [0.1, 0.15) is 0 Å². The summed E-state index contributed by atoms with van der Waals surface area (Å²) in [5, 5.41) is 2.79. The Morgan fingerprint density at radius 1 is 1.67 bits per heavy atom. The first-order chi connectivity index (χ1) is 7.00. The minimum Gasteiger partial charge on any atom is -0.349 e. The van der Waals surface area contributed by atoms with Crippen molar-refractivity contribution >= 4 is 5.91 Å². The van der Waals surface area contributed by atoms with Gasteiger partial charge in [0.15, 0.2) is 5.82 Å². The highest BCUT2D eigenvalue weighted by molar-refractivity contribution is 5.94. The predicted molar refractivity (Wildman–Crippen MR) is 53.8 cm³/mol. The summed E-state index contributed by atoms with van der Waals surface area (Å²) in [4.78, 5) is 15.2. The van der Waals surface area contributed by atoms with Crippen LogP contribution in [0.5, 0.6) is 0 Å². The van der Waals surface area contributed by atoms with Crippen molar-refractivity contribution in [1.82, 2.24) is 10.3 Å². The molecule has 0 radical (unpaired) electrons. The van der Waals surface area contributed by atoms with Crippen molar-refractivity contribution in [3.05, 3.63) is 29.8 Å². The van der Waals surface area contributed by atoms with E-state index in [0.717, 1.165) is 12.6 Å². The number of hydrogen-bond acceptors (Lipinski definition) is 2. The second-order valence-electron chi connectivity index (χ2n) is 4.57. The van der Waals surface area contributed by atoms with Crippen LogP contribution in [0.3, 0.4) is 0 Å². The Kier molecular flexibility index (Phi) is 2.21. The summed E-state index contributed by atoms with van der Waals surface area (Å²) >= 11 is 0. The molecule has 1 amide bonds. The zero-order valence-electron chi connectivity index (χ0n) is 8.75. The molecule has 15 heavy (non-hydrogen) atoms. The molecule has 1 unspecified atom stereocenters. The van der Waals surface area contributed by atoms with Crippen LogP contribution in [-0.2, 0) is 0 Å². The van der Waals surface area contributed by atoms with E-state index in [2.05, 4.69) is 24.1 Å². The Bertz CT molecular complexity index is 403. The molecule has 3 nitrogen and oxygen atoms in total. The van der Waals surface area contributed by atoms with Crippen LogP contribution < -0.4 is 5.32 Å². The van der Waals surface area contributed by atoms with Crippen LogP contribution in [0.2, 0.25) is 0 Å². The average molecular weight is 208 g/mol. The van der Waals surface area contributed by atoms with Crippen LogP contribution >= 0.6 is 0 Å². The van der Waals surface area contributed by atoms with Crippen LogP contribution in [0.1, 0.15) is 30.6 Å². The predicted octanol–water partition coefficient (Wildman–Crippen LogP) is 1.75. The molecule has 1 aliphatic rings. The average Bonchev–Trinajstić information content (AvgIpc) is 2.74. The van der Waals surface area contributed by atoms with Crippen LogP contribution in [0, 0.1) is 11.2 Å². The highest BCUT2D eigenvalue weighted by Gasteiger charge is 2.46. The first kappa shape index (κ1) is 10.1. The van der Waals surface area contributed by atoms with Crippen molar-refractivity contribution in [2.45, 2.75) is 26.3 Å². The molecule has 1 atom stereocenters. The molecule has 1 aromatic heterocycles. The van der Waals surface area contributed by atoms with E-state index in [-0.39, 0.29) is 22.9 Å². The third-order valence-corrected chi connectivity index (χ3v) is 2.84. The third-order valence-electron chi connectivity index (χ3n) is 2.84. The highest BCUT2D eigenvalue weighted by atomic mass is 19.1. The van der Waals surface area contributed by atoms with Gasteiger partial charge in [-0.25, -0.2) is 4.39 Å². The van der Waals surface area contributed by atoms with Gasteiger partial charge in [0.05, 0.1) is 11.8 Å². The second-order valence-corrected chi connectivity index (χ2v) is 4.57. The van der Waals surface area contributed by atoms with Gasteiger partial charge < -0.3 is 5.32 Å². The number of pyridine rings is 1. The molecule has 1 heterocycles. The van der Waals surface area contributed by atoms with Gasteiger partial charge in [0.2, 0.25) is 0 Å². The number of amides is 1. The summed E-state index contributed by atoms with van der Waals surface area (Å²) in [6.45, 7) is 4.14. The Morgan fingerprint density at radius 2 is 2.33 bits per heavy atom. The topological polar surface area (TPSA) is 42.0 Å². The zero-order chi connectivity index (χ0) is 11.1. The van der Waals surface area contributed by atoms with Gasteiger partial charge in [-0.05, 0) is 17.9 Å². The molecular formula is C11H13FN2O. The van der Waals surface area contributed by atoms with Gasteiger partial charge in [-0.2, -0.15) is 0 Å². The molecule has 2 rings (SSSR count). The van der Waals surface area contributed by atoms with E-state index in [1.807, 2.05) is 0 Å². The van der Waals surface area contributed by atoms with E-state index >= 15 is 0 Å². The van der Waals surface area contributed by atoms with Crippen molar-refractivity contribution < 1.29 is 9.18 Å². The summed E-state index contributed by atoms with van der Waals surface area (Å²) in [6.07, 6.45) is 3.41. The summed E-state index contributed by atoms with van der Waals surface area (Å²) in [5.74, 6) is -0.932. The number of nitrogens with zero attached hydrogens (tertiary/aromatic N) is 1. The van der Waals surface area contributed by atoms with Crippen molar-refractivity contribution in [3.63, 3.8) is 0 Å². The molecule has 0 saturated heterocycles. The van der Waals surface area contributed by atoms with Crippen molar-refractivity contribution in [3.8, 4) is 0 Å². The van der Waals surface area contributed by atoms with Crippen molar-refractivity contribution in [2.24, 2.45) is 5.41 Å². The van der Waals surface area contributed by atoms with Gasteiger partial charge in [-0.15, -0.1) is 0 Å². The first-order valence-electron chi connectivity index (χ1n) is 4.91. The van der Waals surface area contributed by atoms with Crippen LogP contribution in [-0.4, -0.2) is 16.9 Å². The maximum absolute atomic E-state index is 13.2. The molecule has 80 valence electrons. The molecular weight excluding hydrogens is 195 g/mol. The third kappa shape index (κ3) is 1.98. The number of hydrogen-bond donors (Lipinski definition) is 1. The largest absolute Gasteiger partial charge is 0.349 e. The molecule has 0 bridgehead atoms. The van der Waals surface area contributed by atoms with Gasteiger partial charge in [-0.3, -0.25) is 9.78 Å². The number of carbonyl (C=O) groups is 1. The fraction of sp³-hybridized carbons (Fsp3) is 0.455. The van der Waals surface area contributed by atoms with Crippen molar-refractivity contribution in [1.29, 1.82) is 0 Å². The molecule has 1 N–H and O–H groups in total. The van der Waals surface area contributed by atoms with Crippen LogP contribution in [0.15, 0.2) is 18.5 Å². The Morgan fingerprint density at radius 3 is 2.87 bits per heavy atom. The summed E-state index contributed by atoms with van der Waals surface area (Å²) in [7, 11) is 0. The Labute approximate surface area is 87.7 Å². The van der Waals surface area contributed by atoms with Gasteiger partial charge in [-0.1, -0.05) is 13.8 Å². The maximum atomic E-state index is 13.2. The monoisotopic (exact) mass is 208 g/mol. The smallest absolute Gasteiger partial charge is 0.254 e. The SMILES string of the molecule is CC1(C)CC1NC(=O)c1ccncc1F. The summed E-state index contributed by atoms with van der Waals surface area (Å²) in [6, 6.07) is 1.55. The number of aromatic nitrogens is 1. The lowest BCUT2D eigenvalue weighted by Crippen LogP contribution is -2.29. The number of halogens is 1. The number of rotatable bonds is 2. The van der Waals surface area contributed by atoms with E-state index in [1.165, 1.54) is 12.3 Å². The zero-order valence-corrected chi connectivity index (χ0v) is 8.75. The Balaban J connectivity index is 2.06. The van der Waals surface area contributed by atoms with Crippen LogP contribution in [0.25, 0.3) is 0 Å². The normalized spacial score (nSPS) is 22.2. The van der Waals surface area contributed by atoms with E-state index < -0.39 is 5.82 Å².